The maximum absolute atomic E-state index is 13.0. The molecule has 9 heteroatoms. The molecule has 0 aliphatic rings. The minimum absolute atomic E-state index is 0.130. The Morgan fingerprint density at radius 3 is 2.36 bits per heavy atom. The van der Waals surface area contributed by atoms with E-state index in [-0.39, 0.29) is 18.4 Å². The van der Waals surface area contributed by atoms with Gasteiger partial charge in [0.1, 0.15) is 5.75 Å². The summed E-state index contributed by atoms with van der Waals surface area (Å²) in [4.78, 5) is 37.8. The van der Waals surface area contributed by atoms with E-state index >= 15 is 0 Å². The molecule has 3 rings (SSSR count). The summed E-state index contributed by atoms with van der Waals surface area (Å²) < 4.78 is 5.48. The van der Waals surface area contributed by atoms with Crippen LogP contribution in [0.25, 0.3) is 0 Å². The van der Waals surface area contributed by atoms with E-state index in [9.17, 15) is 19.5 Å². The summed E-state index contributed by atoms with van der Waals surface area (Å²) in [6, 6.07) is 14.2. The molecule has 0 saturated carbocycles. The standard InChI is InChI=1S/C30H37N3O5S/c1-18(2)12-25(27-15-22(17-39-27)13-20(4)29(35)36)31-28(34)16-21-10-11-24(26(14-21)38-5)33-30(37)32-23-9-7-6-8-19(23)3/h6-11,14-15,17-18,20,25H,12-13,16H2,1-5H3,(H,31,34)(H,35,36)(H2,32,33,37). The molecule has 8 nitrogen and oxygen atoms in total. The van der Waals surface area contributed by atoms with Gasteiger partial charge in [-0.2, -0.15) is 0 Å². The Morgan fingerprint density at radius 2 is 1.69 bits per heavy atom. The van der Waals surface area contributed by atoms with Crippen LogP contribution in [0.2, 0.25) is 0 Å². The van der Waals surface area contributed by atoms with E-state index in [0.717, 1.165) is 28.0 Å². The van der Waals surface area contributed by atoms with Crippen molar-refractivity contribution in [2.75, 3.05) is 17.7 Å². The molecule has 1 heterocycles. The van der Waals surface area contributed by atoms with Crippen molar-refractivity contribution in [3.8, 4) is 5.75 Å². The van der Waals surface area contributed by atoms with Crippen molar-refractivity contribution < 1.29 is 24.2 Å². The molecule has 0 aliphatic carbocycles. The number of ether oxygens (including phenoxy) is 1. The van der Waals surface area contributed by atoms with E-state index in [0.29, 0.717) is 29.5 Å². The smallest absolute Gasteiger partial charge is 0.323 e. The molecule has 0 radical (unpaired) electrons. The van der Waals surface area contributed by atoms with Crippen molar-refractivity contribution in [3.05, 3.63) is 75.5 Å². The predicted octanol–water partition coefficient (Wildman–Crippen LogP) is 6.42. The highest BCUT2D eigenvalue weighted by Gasteiger charge is 2.20. The number of carbonyl (C=O) groups is 3. The van der Waals surface area contributed by atoms with Crippen LogP contribution in [-0.4, -0.2) is 30.1 Å². The van der Waals surface area contributed by atoms with Gasteiger partial charge in [0.25, 0.3) is 0 Å². The molecule has 2 unspecified atom stereocenters. The minimum Gasteiger partial charge on any atom is -0.495 e. The number of anilines is 2. The van der Waals surface area contributed by atoms with Crippen LogP contribution < -0.4 is 20.7 Å². The van der Waals surface area contributed by atoms with Gasteiger partial charge < -0.3 is 25.8 Å². The highest BCUT2D eigenvalue weighted by molar-refractivity contribution is 7.10. The largest absolute Gasteiger partial charge is 0.495 e. The van der Waals surface area contributed by atoms with E-state index < -0.39 is 17.9 Å². The molecule has 2 atom stereocenters. The zero-order valence-corrected chi connectivity index (χ0v) is 23.9. The van der Waals surface area contributed by atoms with Crippen molar-refractivity contribution in [1.29, 1.82) is 0 Å². The molecule has 0 fully saturated rings. The van der Waals surface area contributed by atoms with Gasteiger partial charge in [-0.3, -0.25) is 9.59 Å². The number of hydrogen-bond donors (Lipinski definition) is 4. The third kappa shape index (κ3) is 8.85. The zero-order valence-electron chi connectivity index (χ0n) is 23.0. The number of aliphatic carboxylic acids is 1. The molecule has 0 saturated heterocycles. The van der Waals surface area contributed by atoms with Gasteiger partial charge in [0, 0.05) is 10.6 Å². The average Bonchev–Trinajstić information content (AvgIpc) is 3.34. The Hall–Kier alpha value is -3.85. The second kappa shape index (κ2) is 13.8. The Morgan fingerprint density at radius 1 is 0.974 bits per heavy atom. The summed E-state index contributed by atoms with van der Waals surface area (Å²) in [5.74, 6) is -0.607. The van der Waals surface area contributed by atoms with E-state index in [2.05, 4.69) is 29.8 Å². The van der Waals surface area contributed by atoms with Crippen molar-refractivity contribution in [3.63, 3.8) is 0 Å². The van der Waals surface area contributed by atoms with Crippen LogP contribution in [0.4, 0.5) is 16.2 Å². The minimum atomic E-state index is -0.821. The van der Waals surface area contributed by atoms with Crippen molar-refractivity contribution >= 4 is 40.6 Å². The highest BCUT2D eigenvalue weighted by Crippen LogP contribution is 2.30. The third-order valence-corrected chi connectivity index (χ3v) is 7.39. The van der Waals surface area contributed by atoms with E-state index in [1.807, 2.05) is 42.6 Å². The summed E-state index contributed by atoms with van der Waals surface area (Å²) in [5, 5.41) is 20.0. The third-order valence-electron chi connectivity index (χ3n) is 6.30. The number of aryl methyl sites for hydroxylation is 1. The summed E-state index contributed by atoms with van der Waals surface area (Å²) in [5.41, 5.74) is 3.87. The maximum Gasteiger partial charge on any atom is 0.323 e. The lowest BCUT2D eigenvalue weighted by molar-refractivity contribution is -0.141. The zero-order chi connectivity index (χ0) is 28.5. The number of thiophene rings is 1. The van der Waals surface area contributed by atoms with Gasteiger partial charge in [-0.1, -0.05) is 45.0 Å². The number of para-hydroxylation sites is 1. The number of benzene rings is 2. The van der Waals surface area contributed by atoms with Crippen LogP contribution in [0.3, 0.4) is 0 Å². The number of urea groups is 1. The first-order chi connectivity index (χ1) is 18.5. The molecule has 0 aliphatic heterocycles. The fourth-order valence-corrected chi connectivity index (χ4v) is 5.20. The van der Waals surface area contributed by atoms with Crippen LogP contribution in [0.5, 0.6) is 5.75 Å². The van der Waals surface area contributed by atoms with E-state index in [4.69, 9.17) is 4.74 Å². The van der Waals surface area contributed by atoms with Gasteiger partial charge in [-0.15, -0.1) is 11.3 Å². The summed E-state index contributed by atoms with van der Waals surface area (Å²) in [7, 11) is 1.52. The molecule has 0 spiro atoms. The predicted molar refractivity (Wildman–Crippen MR) is 156 cm³/mol. The SMILES string of the molecule is COc1cc(CC(=O)NC(CC(C)C)c2cc(CC(C)C(=O)O)cs2)ccc1NC(=O)Nc1ccccc1C. The molecule has 2 aromatic carbocycles. The van der Waals surface area contributed by atoms with Crippen LogP contribution >= 0.6 is 11.3 Å². The van der Waals surface area contributed by atoms with Crippen molar-refractivity contribution in [2.24, 2.45) is 11.8 Å². The Bertz CT molecular complexity index is 1300. The Balaban J connectivity index is 1.65. The lowest BCUT2D eigenvalue weighted by Crippen LogP contribution is -2.30. The topological polar surface area (TPSA) is 117 Å². The molecule has 3 amide bonds. The summed E-state index contributed by atoms with van der Waals surface area (Å²) in [6.07, 6.45) is 1.37. The van der Waals surface area contributed by atoms with Crippen molar-refractivity contribution in [1.82, 2.24) is 5.32 Å². The second-order valence-corrected chi connectivity index (χ2v) is 11.1. The Labute approximate surface area is 233 Å². The number of carboxylic acids is 1. The normalized spacial score (nSPS) is 12.5. The summed E-state index contributed by atoms with van der Waals surface area (Å²) in [6.45, 7) is 7.82. The van der Waals surface area contributed by atoms with Crippen LogP contribution in [-0.2, 0) is 22.4 Å². The fraction of sp³-hybridized carbons (Fsp3) is 0.367. The quantitative estimate of drug-likeness (QED) is 0.207. The molecular weight excluding hydrogens is 514 g/mol. The van der Waals surface area contributed by atoms with Crippen molar-refractivity contribution in [2.45, 2.75) is 53.0 Å². The number of carboxylic acid groups (broad SMARTS) is 1. The number of rotatable bonds is 12. The van der Waals surface area contributed by atoms with E-state index in [1.54, 1.807) is 36.5 Å². The fourth-order valence-electron chi connectivity index (χ4n) is 4.21. The number of methoxy groups -OCH3 is 1. The number of nitrogens with one attached hydrogen (secondary N) is 3. The molecule has 4 N–H and O–H groups in total. The van der Waals surface area contributed by atoms with E-state index in [1.165, 1.54) is 7.11 Å². The first-order valence-corrected chi connectivity index (χ1v) is 13.8. The molecule has 208 valence electrons. The second-order valence-electron chi connectivity index (χ2n) is 10.2. The average molecular weight is 552 g/mol. The van der Waals surface area contributed by atoms with Gasteiger partial charge >= 0.3 is 12.0 Å². The first kappa shape index (κ1) is 29.7. The molecule has 0 bridgehead atoms. The number of hydrogen-bond acceptors (Lipinski definition) is 5. The van der Waals surface area contributed by atoms with Gasteiger partial charge in [-0.05, 0) is 72.0 Å². The van der Waals surface area contributed by atoms with Crippen LogP contribution in [0.15, 0.2) is 53.9 Å². The van der Waals surface area contributed by atoms with Crippen LogP contribution in [0.1, 0.15) is 54.8 Å². The van der Waals surface area contributed by atoms with Crippen LogP contribution in [0, 0.1) is 18.8 Å². The molecule has 39 heavy (non-hydrogen) atoms. The van der Waals surface area contributed by atoms with Gasteiger partial charge in [0.05, 0.1) is 31.2 Å². The lowest BCUT2D eigenvalue weighted by atomic mass is 9.99. The highest BCUT2D eigenvalue weighted by atomic mass is 32.1. The van der Waals surface area contributed by atoms with Gasteiger partial charge in [-0.25, -0.2) is 4.79 Å². The number of amides is 3. The van der Waals surface area contributed by atoms with Gasteiger partial charge in [0.15, 0.2) is 0 Å². The summed E-state index contributed by atoms with van der Waals surface area (Å²) >= 11 is 1.54. The molecule has 1 aromatic heterocycles. The maximum atomic E-state index is 13.0. The molecular formula is C30H37N3O5S. The van der Waals surface area contributed by atoms with Gasteiger partial charge in [0.2, 0.25) is 5.91 Å². The first-order valence-electron chi connectivity index (χ1n) is 13.0. The lowest BCUT2D eigenvalue weighted by Gasteiger charge is -2.20. The monoisotopic (exact) mass is 551 g/mol. The Kier molecular flexibility index (Phi) is 10.5. The number of carbonyl (C=O) groups excluding carboxylic acids is 2. The molecule has 3 aromatic rings.